The SMILES string of the molecule is C=C[CH2][Po]. The Morgan fingerprint density at radius 2 is 2.25 bits per heavy atom. The van der Waals surface area contributed by atoms with E-state index >= 15 is 0 Å². The monoisotopic (exact) mass is 250 g/mol. The standard InChI is InChI=1S/C3H5.Po/c1-3-2;/h3H,1-2H2;. The molecule has 0 aliphatic rings. The molecule has 23 valence electrons. The van der Waals surface area contributed by atoms with Crippen molar-refractivity contribution in [1.82, 2.24) is 0 Å². The van der Waals surface area contributed by atoms with Crippen LogP contribution in [0.15, 0.2) is 12.7 Å². The van der Waals surface area contributed by atoms with E-state index in [1.54, 1.807) is 25.1 Å². The van der Waals surface area contributed by atoms with Gasteiger partial charge in [-0.1, -0.05) is 0 Å². The predicted molar refractivity (Wildman–Crippen MR) is 20.8 cm³/mol. The predicted octanol–water partition coefficient (Wildman–Crippen LogP) is 0.759. The Morgan fingerprint density at radius 3 is 2.25 bits per heavy atom. The molecule has 0 spiro atoms. The van der Waals surface area contributed by atoms with Gasteiger partial charge >= 0.3 is 41.8 Å². The fraction of sp³-hybridized carbons (Fsp3) is 0.333. The van der Waals surface area contributed by atoms with Crippen molar-refractivity contribution in [1.29, 1.82) is 0 Å². The Labute approximate surface area is 42.0 Å². The topological polar surface area (TPSA) is 0 Å². The zero-order valence-corrected chi connectivity index (χ0v) is 5.57. The zero-order chi connectivity index (χ0) is 3.41. The van der Waals surface area contributed by atoms with Crippen molar-refractivity contribution in [3.8, 4) is 0 Å². The third-order valence-corrected chi connectivity index (χ3v) is 1.03. The van der Waals surface area contributed by atoms with Crippen LogP contribution in [0.2, 0.25) is 4.08 Å². The Bertz CT molecular complexity index is 17.2. The first-order chi connectivity index (χ1) is 1.91. The van der Waals surface area contributed by atoms with Gasteiger partial charge in [0.15, 0.2) is 0 Å². The molecular formula is C3H5Po. The Kier molecular flexibility index (Phi) is 4.21. The molecule has 0 atom stereocenters. The molecule has 0 saturated carbocycles. The first-order valence-corrected chi connectivity index (χ1v) is 3.35. The van der Waals surface area contributed by atoms with Crippen LogP contribution < -0.4 is 0 Å². The molecule has 0 aromatic carbocycles. The quantitative estimate of drug-likeness (QED) is 0.603. The summed E-state index contributed by atoms with van der Waals surface area (Å²) in [5, 5.41) is 0. The van der Waals surface area contributed by atoms with Crippen molar-refractivity contribution < 1.29 is 0 Å². The molecule has 0 aliphatic carbocycles. The Balaban J connectivity index is 2.30. The van der Waals surface area contributed by atoms with Gasteiger partial charge in [0.05, 0.1) is 0 Å². The van der Waals surface area contributed by atoms with Gasteiger partial charge in [0, 0.05) is 0 Å². The molecule has 0 nitrogen and oxygen atoms in total. The van der Waals surface area contributed by atoms with E-state index in [9.17, 15) is 0 Å². The first-order valence-electron chi connectivity index (χ1n) is 1.11. The summed E-state index contributed by atoms with van der Waals surface area (Å²) in [5.74, 6) is 0. The molecule has 4 heavy (non-hydrogen) atoms. The van der Waals surface area contributed by atoms with E-state index in [4.69, 9.17) is 0 Å². The van der Waals surface area contributed by atoms with Crippen LogP contribution in [0, 0.1) is 0 Å². The van der Waals surface area contributed by atoms with E-state index in [0.717, 1.165) is 0 Å². The number of rotatable bonds is 1. The maximum absolute atomic E-state index is 3.50. The van der Waals surface area contributed by atoms with E-state index in [1.165, 1.54) is 4.08 Å². The summed E-state index contributed by atoms with van der Waals surface area (Å²) in [6.07, 6.45) is 1.91. The normalized spacial score (nSPS) is 6.25. The molecule has 0 heterocycles. The van der Waals surface area contributed by atoms with Crippen LogP contribution in [-0.4, -0.2) is 25.1 Å². The van der Waals surface area contributed by atoms with Crippen molar-refractivity contribution >= 4 is 25.1 Å². The number of hydrogen-bond donors (Lipinski definition) is 0. The molecule has 1 heteroatoms. The molecule has 0 aromatic heterocycles. The second-order valence-corrected chi connectivity index (χ2v) is 1.75. The fourth-order valence-corrected chi connectivity index (χ4v) is 0. The van der Waals surface area contributed by atoms with Crippen LogP contribution in [0.3, 0.4) is 0 Å². The van der Waals surface area contributed by atoms with E-state index < -0.39 is 0 Å². The minimum absolute atomic E-state index is 1.17. The third kappa shape index (κ3) is 2.64. The van der Waals surface area contributed by atoms with Crippen LogP contribution in [0.4, 0.5) is 0 Å². The van der Waals surface area contributed by atoms with Crippen LogP contribution in [0.1, 0.15) is 0 Å². The molecule has 0 bridgehead atoms. The maximum atomic E-state index is 3.50. The number of allylic oxidation sites excluding steroid dienone is 1. The van der Waals surface area contributed by atoms with Crippen LogP contribution in [0.5, 0.6) is 0 Å². The summed E-state index contributed by atoms with van der Waals surface area (Å²) in [7, 11) is 0. The second kappa shape index (κ2) is 3.64. The average Bonchev–Trinajstić information content (AvgIpc) is 1.37. The van der Waals surface area contributed by atoms with Gasteiger partial charge in [0.2, 0.25) is 0 Å². The van der Waals surface area contributed by atoms with Gasteiger partial charge in [-0.05, 0) is 0 Å². The van der Waals surface area contributed by atoms with Crippen LogP contribution in [0.25, 0.3) is 0 Å². The van der Waals surface area contributed by atoms with Crippen molar-refractivity contribution in [2.45, 2.75) is 4.08 Å². The van der Waals surface area contributed by atoms with Crippen molar-refractivity contribution in [3.05, 3.63) is 12.7 Å². The molecule has 0 fully saturated rings. The van der Waals surface area contributed by atoms with Gasteiger partial charge in [0.1, 0.15) is 0 Å². The van der Waals surface area contributed by atoms with Gasteiger partial charge < -0.3 is 0 Å². The summed E-state index contributed by atoms with van der Waals surface area (Å²) in [6.45, 7) is 3.50. The summed E-state index contributed by atoms with van der Waals surface area (Å²) >= 11 is 1.59. The van der Waals surface area contributed by atoms with Gasteiger partial charge in [0.25, 0.3) is 0 Å². The zero-order valence-electron chi connectivity index (χ0n) is 2.40. The van der Waals surface area contributed by atoms with Gasteiger partial charge in [-0.3, -0.25) is 0 Å². The molecule has 0 saturated heterocycles. The molecule has 0 amide bonds. The van der Waals surface area contributed by atoms with Crippen LogP contribution >= 0.6 is 0 Å². The van der Waals surface area contributed by atoms with E-state index in [1.807, 2.05) is 6.08 Å². The van der Waals surface area contributed by atoms with Gasteiger partial charge in [-0.25, -0.2) is 0 Å². The van der Waals surface area contributed by atoms with E-state index in [-0.39, 0.29) is 0 Å². The molecule has 0 aliphatic heterocycles. The summed E-state index contributed by atoms with van der Waals surface area (Å²) in [4.78, 5) is 0. The third-order valence-electron chi connectivity index (χ3n) is 0.118. The summed E-state index contributed by atoms with van der Waals surface area (Å²) < 4.78 is 1.17. The molecule has 0 aromatic rings. The van der Waals surface area contributed by atoms with E-state index in [2.05, 4.69) is 6.58 Å². The number of hydrogen-bond acceptors (Lipinski definition) is 0. The average molecular weight is 250 g/mol. The Hall–Kier alpha value is 0.636. The van der Waals surface area contributed by atoms with Crippen molar-refractivity contribution in [3.63, 3.8) is 0 Å². The fourth-order valence-electron chi connectivity index (χ4n) is 0. The van der Waals surface area contributed by atoms with Crippen molar-refractivity contribution in [2.75, 3.05) is 0 Å². The molecule has 0 unspecified atom stereocenters. The molecular weight excluding hydrogens is 245 g/mol. The van der Waals surface area contributed by atoms with Crippen LogP contribution in [-0.2, 0) is 0 Å². The summed E-state index contributed by atoms with van der Waals surface area (Å²) in [5.41, 5.74) is 0. The molecule has 0 N–H and O–H groups in total. The van der Waals surface area contributed by atoms with Gasteiger partial charge in [-0.15, -0.1) is 0 Å². The minimum atomic E-state index is 1.17. The molecule has 0 rings (SSSR count). The summed E-state index contributed by atoms with van der Waals surface area (Å²) in [6, 6.07) is 0. The first kappa shape index (κ1) is 4.64. The van der Waals surface area contributed by atoms with Gasteiger partial charge in [-0.2, -0.15) is 0 Å². The van der Waals surface area contributed by atoms with E-state index in [0.29, 0.717) is 0 Å². The Morgan fingerprint density at radius 1 is 2.00 bits per heavy atom. The molecule has 1 radical (unpaired) electrons. The second-order valence-electron chi connectivity index (χ2n) is 0.455. The van der Waals surface area contributed by atoms with Crippen molar-refractivity contribution in [2.24, 2.45) is 0 Å².